The molecule has 0 aliphatic carbocycles. The van der Waals surface area contributed by atoms with Crippen LogP contribution in [0.25, 0.3) is 11.2 Å². The van der Waals surface area contributed by atoms with Gasteiger partial charge in [-0.25, -0.2) is 15.0 Å². The number of benzene rings is 3. The minimum absolute atomic E-state index is 0.0282. The zero-order valence-corrected chi connectivity index (χ0v) is 34.3. The number of methoxy groups -OCH3 is 1. The molecule has 0 radical (unpaired) electrons. The summed E-state index contributed by atoms with van der Waals surface area (Å²) in [6.45, 7) is 7.89. The number of ether oxygens (including phenoxy) is 2. The molecule has 0 amide bonds. The Morgan fingerprint density at radius 2 is 1.31 bits per heavy atom. The molecule has 5 aromatic rings. The number of carbonyl (C=O) groups is 2. The van der Waals surface area contributed by atoms with Gasteiger partial charge >= 0.3 is 7.60 Å². The first kappa shape index (κ1) is 42.1. The zero-order chi connectivity index (χ0) is 39.3. The Labute approximate surface area is 331 Å². The van der Waals surface area contributed by atoms with Crippen molar-refractivity contribution in [2.45, 2.75) is 39.8 Å². The fraction of sp³-hybridized carbons (Fsp3) is 0.375. The van der Waals surface area contributed by atoms with Gasteiger partial charge in [0, 0.05) is 29.9 Å². The predicted octanol–water partition coefficient (Wildman–Crippen LogP) is 8.27. The van der Waals surface area contributed by atoms with Gasteiger partial charge in [-0.05, 0) is 28.8 Å². The maximum atomic E-state index is 13.7. The van der Waals surface area contributed by atoms with E-state index >= 15 is 0 Å². The molecular weight excluding hydrogens is 758 g/mol. The molecule has 0 fully saturated rings. The van der Waals surface area contributed by atoms with Gasteiger partial charge < -0.3 is 28.4 Å². The third-order valence-electron chi connectivity index (χ3n) is 8.54. The van der Waals surface area contributed by atoms with Crippen molar-refractivity contribution in [3.05, 3.63) is 114 Å². The minimum Gasteiger partial charge on any atom is -0.497 e. The van der Waals surface area contributed by atoms with E-state index < -0.39 is 13.1 Å². The highest BCUT2D eigenvalue weighted by Gasteiger charge is 2.38. The SMILES string of the molecule is COc1ccc(C(Nc2ncnc3c2ncn3CCOCP(=O)(OCCSC(=O)C(C)C)OCCSC(=O)C(C)C)(c2ccccc2)c2ccccc2)cc1. The summed E-state index contributed by atoms with van der Waals surface area (Å²) in [5.74, 6) is 1.70. The summed E-state index contributed by atoms with van der Waals surface area (Å²) in [6, 6.07) is 28.3. The molecule has 0 saturated heterocycles. The van der Waals surface area contributed by atoms with Gasteiger partial charge in [-0.2, -0.15) is 0 Å². The first-order valence-corrected chi connectivity index (χ1v) is 21.7. The normalized spacial score (nSPS) is 12.1. The topological polar surface area (TPSA) is 144 Å². The van der Waals surface area contributed by atoms with Crippen LogP contribution in [0.3, 0.4) is 0 Å². The monoisotopic (exact) mass is 805 g/mol. The van der Waals surface area contributed by atoms with Gasteiger partial charge in [0.25, 0.3) is 0 Å². The van der Waals surface area contributed by atoms with Crippen LogP contribution in [0.15, 0.2) is 97.6 Å². The van der Waals surface area contributed by atoms with Crippen LogP contribution < -0.4 is 10.1 Å². The Morgan fingerprint density at radius 3 is 1.84 bits per heavy atom. The molecule has 15 heteroatoms. The Bertz CT molecular complexity index is 1960. The van der Waals surface area contributed by atoms with Crippen molar-refractivity contribution in [1.82, 2.24) is 19.5 Å². The van der Waals surface area contributed by atoms with Crippen LogP contribution in [0.5, 0.6) is 5.75 Å². The lowest BCUT2D eigenvalue weighted by Crippen LogP contribution is -2.38. The molecule has 0 bridgehead atoms. The molecule has 55 heavy (non-hydrogen) atoms. The van der Waals surface area contributed by atoms with E-state index in [1.54, 1.807) is 13.4 Å². The molecular formula is C40H48N5O7PS2. The average Bonchev–Trinajstić information content (AvgIpc) is 3.63. The number of fused-ring (bicyclic) bond motifs is 1. The summed E-state index contributed by atoms with van der Waals surface area (Å²) in [6.07, 6.45) is 2.87. The average molecular weight is 806 g/mol. The molecule has 0 aliphatic heterocycles. The van der Waals surface area contributed by atoms with Crippen molar-refractivity contribution < 1.29 is 32.7 Å². The van der Waals surface area contributed by atoms with Crippen LogP contribution in [0.4, 0.5) is 5.82 Å². The highest BCUT2D eigenvalue weighted by atomic mass is 32.2. The Morgan fingerprint density at radius 1 is 0.764 bits per heavy atom. The molecule has 0 saturated carbocycles. The van der Waals surface area contributed by atoms with Crippen molar-refractivity contribution in [3.8, 4) is 5.75 Å². The molecule has 3 aromatic carbocycles. The zero-order valence-electron chi connectivity index (χ0n) is 31.8. The van der Waals surface area contributed by atoms with Gasteiger partial charge in [-0.15, -0.1) is 0 Å². The highest BCUT2D eigenvalue weighted by Crippen LogP contribution is 2.48. The molecule has 1 N–H and O–H groups in total. The lowest BCUT2D eigenvalue weighted by atomic mass is 9.77. The van der Waals surface area contributed by atoms with Crippen molar-refractivity contribution in [2.24, 2.45) is 11.8 Å². The maximum Gasteiger partial charge on any atom is 0.356 e. The Hall–Kier alpha value is -4.04. The second kappa shape index (κ2) is 20.2. The largest absolute Gasteiger partial charge is 0.497 e. The standard InChI is InChI=1S/C40H48N5O7PS2/c1-29(2)38(46)54-24-22-51-53(48,52-23-25-55-39(47)30(3)4)28-50-21-20-45-27-43-35-36(41-26-42-37(35)45)44-40(31-12-8-6-9-13-31,32-14-10-7-11-15-32)33-16-18-34(49-5)19-17-33/h6-19,26-27,29-30H,20-25,28H2,1-5H3,(H,41,42,44). The van der Waals surface area contributed by atoms with Crippen molar-refractivity contribution in [1.29, 1.82) is 0 Å². The molecule has 0 unspecified atom stereocenters. The van der Waals surface area contributed by atoms with Gasteiger partial charge in [0.05, 0.1) is 33.3 Å². The number of anilines is 1. The van der Waals surface area contributed by atoms with Crippen LogP contribution in [0.2, 0.25) is 0 Å². The molecule has 0 aliphatic rings. The minimum atomic E-state index is -3.71. The van der Waals surface area contributed by atoms with Crippen LogP contribution in [0.1, 0.15) is 44.4 Å². The summed E-state index contributed by atoms with van der Waals surface area (Å²) in [5, 5.41) is 3.84. The predicted molar refractivity (Wildman–Crippen MR) is 220 cm³/mol. The van der Waals surface area contributed by atoms with Gasteiger partial charge in [0.15, 0.2) is 21.7 Å². The lowest BCUT2D eigenvalue weighted by Gasteiger charge is -2.37. The molecule has 292 valence electrons. The number of nitrogens with one attached hydrogen (secondary N) is 1. The van der Waals surface area contributed by atoms with Gasteiger partial charge in [-0.1, -0.05) is 124 Å². The Kier molecular flexibility index (Phi) is 15.5. The Balaban J connectivity index is 1.33. The van der Waals surface area contributed by atoms with Crippen molar-refractivity contribution >= 4 is 58.3 Å². The fourth-order valence-electron chi connectivity index (χ4n) is 5.67. The lowest BCUT2D eigenvalue weighted by molar-refractivity contribution is -0.114. The van der Waals surface area contributed by atoms with E-state index in [9.17, 15) is 14.2 Å². The van der Waals surface area contributed by atoms with E-state index in [4.69, 9.17) is 23.5 Å². The summed E-state index contributed by atoms with van der Waals surface area (Å²) < 4.78 is 38.3. The van der Waals surface area contributed by atoms with E-state index in [2.05, 4.69) is 39.6 Å². The number of carbonyl (C=O) groups excluding carboxylic acids is 2. The summed E-state index contributed by atoms with van der Waals surface area (Å²) in [7, 11) is -2.06. The number of hydrogen-bond acceptors (Lipinski definition) is 13. The number of nitrogens with zero attached hydrogens (tertiary/aromatic N) is 4. The molecule has 5 rings (SSSR count). The summed E-state index contributed by atoms with van der Waals surface area (Å²) >= 11 is 2.25. The third-order valence-corrected chi connectivity index (χ3v) is 12.4. The van der Waals surface area contributed by atoms with E-state index in [-0.39, 0.29) is 48.2 Å². The molecule has 0 spiro atoms. The maximum absolute atomic E-state index is 13.7. The second-order valence-electron chi connectivity index (χ2n) is 13.1. The molecule has 0 atom stereocenters. The van der Waals surface area contributed by atoms with Gasteiger partial charge in [0.1, 0.15) is 29.5 Å². The van der Waals surface area contributed by atoms with E-state index in [1.165, 1.54) is 6.33 Å². The summed E-state index contributed by atoms with van der Waals surface area (Å²) in [5.41, 5.74) is 3.23. The fourth-order valence-corrected chi connectivity index (χ4v) is 8.63. The van der Waals surface area contributed by atoms with Crippen LogP contribution in [0, 0.1) is 11.8 Å². The third kappa shape index (κ3) is 11.1. The number of aromatic nitrogens is 4. The van der Waals surface area contributed by atoms with Crippen LogP contribution in [-0.4, -0.2) is 74.5 Å². The van der Waals surface area contributed by atoms with Crippen LogP contribution >= 0.6 is 31.1 Å². The number of thioether (sulfide) groups is 2. The molecule has 12 nitrogen and oxygen atoms in total. The van der Waals surface area contributed by atoms with Crippen molar-refractivity contribution in [2.75, 3.05) is 50.1 Å². The molecule has 2 aromatic heterocycles. The summed E-state index contributed by atoms with van der Waals surface area (Å²) in [4.78, 5) is 38.1. The van der Waals surface area contributed by atoms with E-state index in [0.29, 0.717) is 35.0 Å². The van der Waals surface area contributed by atoms with Crippen molar-refractivity contribution in [3.63, 3.8) is 0 Å². The second-order valence-corrected chi connectivity index (χ2v) is 17.3. The van der Waals surface area contributed by atoms with E-state index in [0.717, 1.165) is 46.0 Å². The quantitative estimate of drug-likeness (QED) is 0.0432. The van der Waals surface area contributed by atoms with Gasteiger partial charge in [0.2, 0.25) is 0 Å². The number of imidazole rings is 1. The molecule has 2 heterocycles. The van der Waals surface area contributed by atoms with E-state index in [1.807, 2.05) is 92.9 Å². The number of hydrogen-bond donors (Lipinski definition) is 1. The van der Waals surface area contributed by atoms with Gasteiger partial charge in [-0.3, -0.25) is 14.2 Å². The number of rotatable bonds is 21. The first-order valence-electron chi connectivity index (χ1n) is 18.0. The highest BCUT2D eigenvalue weighted by molar-refractivity contribution is 8.13. The smallest absolute Gasteiger partial charge is 0.356 e. The van der Waals surface area contributed by atoms with Crippen LogP contribution in [-0.2, 0) is 40.0 Å². The first-order chi connectivity index (χ1) is 26.6.